The number of nitrogens with zero attached hydrogens (tertiary/aromatic N) is 4. The van der Waals surface area contributed by atoms with Crippen molar-refractivity contribution in [1.82, 2.24) is 19.7 Å². The molecule has 1 aromatic heterocycles. The minimum absolute atomic E-state index is 0.0920. The van der Waals surface area contributed by atoms with Crippen LogP contribution in [0.1, 0.15) is 18.4 Å². The van der Waals surface area contributed by atoms with Crippen molar-refractivity contribution < 1.29 is 13.9 Å². The van der Waals surface area contributed by atoms with E-state index in [0.717, 1.165) is 31.5 Å². The summed E-state index contributed by atoms with van der Waals surface area (Å²) in [5.41, 5.74) is 1.22. The van der Waals surface area contributed by atoms with E-state index in [0.29, 0.717) is 5.69 Å². The fourth-order valence-electron chi connectivity index (χ4n) is 2.59. The number of rotatable bonds is 5. The molecule has 0 bridgehead atoms. The SMILES string of the molecule is Cc1ccc(F)c(-n2cnc(OC(C=C=O)N3CCCC3)n2)c1. The van der Waals surface area contributed by atoms with Crippen molar-refractivity contribution in [2.45, 2.75) is 26.0 Å². The van der Waals surface area contributed by atoms with Gasteiger partial charge < -0.3 is 4.74 Å². The van der Waals surface area contributed by atoms with Gasteiger partial charge in [-0.05, 0) is 37.5 Å². The van der Waals surface area contributed by atoms with Gasteiger partial charge in [0.05, 0.1) is 6.08 Å². The Morgan fingerprint density at radius 1 is 1.39 bits per heavy atom. The van der Waals surface area contributed by atoms with E-state index in [-0.39, 0.29) is 6.01 Å². The van der Waals surface area contributed by atoms with E-state index >= 15 is 0 Å². The van der Waals surface area contributed by atoms with E-state index in [1.54, 1.807) is 18.1 Å². The van der Waals surface area contributed by atoms with Gasteiger partial charge in [0.15, 0.2) is 6.23 Å². The molecule has 0 spiro atoms. The zero-order valence-electron chi connectivity index (χ0n) is 12.8. The second kappa shape index (κ2) is 6.73. The lowest BCUT2D eigenvalue weighted by Crippen LogP contribution is -2.36. The highest BCUT2D eigenvalue weighted by molar-refractivity contribution is 5.46. The summed E-state index contributed by atoms with van der Waals surface area (Å²) in [5, 5.41) is 4.14. The molecular weight excluding hydrogens is 299 g/mol. The molecule has 0 radical (unpaired) electrons. The Morgan fingerprint density at radius 2 is 2.17 bits per heavy atom. The Labute approximate surface area is 133 Å². The maximum Gasteiger partial charge on any atom is 0.337 e. The van der Waals surface area contributed by atoms with Crippen molar-refractivity contribution in [2.75, 3.05) is 13.1 Å². The number of likely N-dealkylation sites (tertiary alicyclic amines) is 1. The van der Waals surface area contributed by atoms with Crippen LogP contribution in [0.4, 0.5) is 4.39 Å². The average molecular weight is 316 g/mol. The van der Waals surface area contributed by atoms with Crippen molar-refractivity contribution in [2.24, 2.45) is 0 Å². The van der Waals surface area contributed by atoms with Crippen molar-refractivity contribution in [3.05, 3.63) is 42.0 Å². The van der Waals surface area contributed by atoms with Crippen LogP contribution in [0.25, 0.3) is 5.69 Å². The molecule has 0 aliphatic carbocycles. The smallest absolute Gasteiger partial charge is 0.337 e. The molecule has 1 atom stereocenters. The third kappa shape index (κ3) is 3.47. The zero-order valence-corrected chi connectivity index (χ0v) is 12.8. The van der Waals surface area contributed by atoms with E-state index in [9.17, 15) is 9.18 Å². The largest absolute Gasteiger partial charge is 0.439 e. The highest BCUT2D eigenvalue weighted by Crippen LogP contribution is 2.18. The third-order valence-electron chi connectivity index (χ3n) is 3.76. The molecule has 1 saturated heterocycles. The van der Waals surface area contributed by atoms with Crippen LogP contribution in [0.15, 0.2) is 30.6 Å². The van der Waals surface area contributed by atoms with Crippen LogP contribution < -0.4 is 4.74 Å². The fourth-order valence-corrected chi connectivity index (χ4v) is 2.59. The molecule has 1 unspecified atom stereocenters. The van der Waals surface area contributed by atoms with Crippen molar-refractivity contribution >= 4 is 5.94 Å². The zero-order chi connectivity index (χ0) is 16.2. The lowest BCUT2D eigenvalue weighted by atomic mass is 10.2. The number of aromatic nitrogens is 3. The van der Waals surface area contributed by atoms with Gasteiger partial charge in [0, 0.05) is 13.1 Å². The molecule has 1 aromatic carbocycles. The van der Waals surface area contributed by atoms with E-state index in [2.05, 4.69) is 10.1 Å². The van der Waals surface area contributed by atoms with E-state index < -0.39 is 12.0 Å². The van der Waals surface area contributed by atoms with Gasteiger partial charge in [0.2, 0.25) is 0 Å². The second-order valence-electron chi connectivity index (χ2n) is 5.46. The topological polar surface area (TPSA) is 60.3 Å². The van der Waals surface area contributed by atoms with Crippen LogP contribution in [0.5, 0.6) is 6.01 Å². The van der Waals surface area contributed by atoms with E-state index in [4.69, 9.17) is 4.74 Å². The van der Waals surface area contributed by atoms with Gasteiger partial charge in [-0.3, -0.25) is 4.90 Å². The van der Waals surface area contributed by atoms with Crippen LogP contribution in [0, 0.1) is 12.7 Å². The van der Waals surface area contributed by atoms with E-state index in [1.807, 2.05) is 11.8 Å². The average Bonchev–Trinajstić information content (AvgIpc) is 3.20. The highest BCUT2D eigenvalue weighted by atomic mass is 19.1. The summed E-state index contributed by atoms with van der Waals surface area (Å²) in [6, 6.07) is 4.84. The molecule has 2 aromatic rings. The molecule has 6 nitrogen and oxygen atoms in total. The number of hydrogen-bond donors (Lipinski definition) is 0. The Morgan fingerprint density at radius 3 is 2.91 bits per heavy atom. The van der Waals surface area contributed by atoms with Crippen LogP contribution in [-0.4, -0.2) is 44.9 Å². The highest BCUT2D eigenvalue weighted by Gasteiger charge is 2.23. The quantitative estimate of drug-likeness (QED) is 0.789. The normalized spacial score (nSPS) is 16.1. The Kier molecular flexibility index (Phi) is 4.50. The van der Waals surface area contributed by atoms with Crippen LogP contribution in [0.2, 0.25) is 0 Å². The van der Waals surface area contributed by atoms with Crippen LogP contribution >= 0.6 is 0 Å². The minimum Gasteiger partial charge on any atom is -0.439 e. The summed E-state index contributed by atoms with van der Waals surface area (Å²) in [7, 11) is 0. The lowest BCUT2D eigenvalue weighted by molar-refractivity contribution is 0.0752. The van der Waals surface area contributed by atoms with Gasteiger partial charge in [-0.15, -0.1) is 5.10 Å². The second-order valence-corrected chi connectivity index (χ2v) is 5.46. The van der Waals surface area contributed by atoms with Crippen molar-refractivity contribution in [3.63, 3.8) is 0 Å². The van der Waals surface area contributed by atoms with Crippen molar-refractivity contribution in [3.8, 4) is 11.7 Å². The fraction of sp³-hybridized carbons (Fsp3) is 0.375. The first-order valence-electron chi connectivity index (χ1n) is 7.47. The number of ether oxygens (including phenoxy) is 1. The monoisotopic (exact) mass is 316 g/mol. The summed E-state index contributed by atoms with van der Waals surface area (Å²) < 4.78 is 20.9. The van der Waals surface area contributed by atoms with Gasteiger partial charge in [0.1, 0.15) is 23.8 Å². The van der Waals surface area contributed by atoms with Gasteiger partial charge in [-0.2, -0.15) is 4.98 Å². The molecule has 23 heavy (non-hydrogen) atoms. The van der Waals surface area contributed by atoms with Gasteiger partial charge in [0.25, 0.3) is 0 Å². The minimum atomic E-state index is -0.548. The molecule has 120 valence electrons. The molecule has 1 aliphatic heterocycles. The summed E-state index contributed by atoms with van der Waals surface area (Å²) in [4.78, 5) is 16.7. The first-order valence-corrected chi connectivity index (χ1v) is 7.47. The summed E-state index contributed by atoms with van der Waals surface area (Å²) >= 11 is 0. The molecule has 1 fully saturated rings. The maximum atomic E-state index is 13.9. The standard InChI is InChI=1S/C16H17FN4O2/c1-12-4-5-13(17)14(10-12)21-11-18-16(19-21)23-15(6-9-22)20-7-2-3-8-20/h4-6,10-11,15H,2-3,7-8H2,1H3. The van der Waals surface area contributed by atoms with Crippen LogP contribution in [-0.2, 0) is 4.79 Å². The van der Waals surface area contributed by atoms with E-state index in [1.165, 1.54) is 23.2 Å². The molecule has 3 rings (SSSR count). The Hall–Kier alpha value is -2.50. The van der Waals surface area contributed by atoms with Gasteiger partial charge in [-0.25, -0.2) is 13.9 Å². The Balaban J connectivity index is 1.80. The maximum absolute atomic E-state index is 13.9. The van der Waals surface area contributed by atoms with Crippen molar-refractivity contribution in [1.29, 1.82) is 0 Å². The predicted octanol–water partition coefficient (Wildman–Crippen LogP) is 1.90. The third-order valence-corrected chi connectivity index (χ3v) is 3.76. The first kappa shape index (κ1) is 15.4. The Bertz CT molecular complexity index is 733. The number of benzene rings is 1. The lowest BCUT2D eigenvalue weighted by Gasteiger charge is -2.22. The number of carbonyl (C=O) groups excluding carboxylic acids is 1. The number of aryl methyl sites for hydroxylation is 1. The predicted molar refractivity (Wildman–Crippen MR) is 81.5 cm³/mol. The molecule has 0 amide bonds. The van der Waals surface area contributed by atoms with Gasteiger partial charge in [-0.1, -0.05) is 6.07 Å². The summed E-state index contributed by atoms with van der Waals surface area (Å²) in [5.74, 6) is 1.36. The molecule has 0 N–H and O–H groups in total. The molecule has 2 heterocycles. The summed E-state index contributed by atoms with van der Waals surface area (Å²) in [6.45, 7) is 3.56. The first-order chi connectivity index (χ1) is 11.2. The number of hydrogen-bond acceptors (Lipinski definition) is 5. The molecular formula is C16H17FN4O2. The molecule has 1 aliphatic rings. The molecule has 7 heteroatoms. The van der Waals surface area contributed by atoms with Gasteiger partial charge >= 0.3 is 6.01 Å². The summed E-state index contributed by atoms with van der Waals surface area (Å²) in [6.07, 6.45) is 4.26. The molecule has 0 saturated carbocycles. The number of halogens is 1. The van der Waals surface area contributed by atoms with Crippen LogP contribution in [0.3, 0.4) is 0 Å².